The van der Waals surface area contributed by atoms with Gasteiger partial charge in [-0.3, -0.25) is 0 Å². The fraction of sp³-hybridized carbons (Fsp3) is 0.500. The SMILES string of the molecule is CCC(CO)(CO)NCc1cc(Cl)ccc1F. The summed E-state index contributed by atoms with van der Waals surface area (Å²) in [4.78, 5) is 0. The third-order valence-electron chi connectivity index (χ3n) is 2.94. The molecule has 0 saturated heterocycles. The molecule has 5 heteroatoms. The fourth-order valence-electron chi connectivity index (χ4n) is 1.47. The molecule has 0 amide bonds. The highest BCUT2D eigenvalue weighted by Gasteiger charge is 2.25. The van der Waals surface area contributed by atoms with Gasteiger partial charge in [0, 0.05) is 17.1 Å². The first-order valence-electron chi connectivity index (χ1n) is 5.47. The van der Waals surface area contributed by atoms with Gasteiger partial charge in [-0.15, -0.1) is 0 Å². The summed E-state index contributed by atoms with van der Waals surface area (Å²) in [5, 5.41) is 21.9. The molecule has 0 aliphatic carbocycles. The predicted octanol–water partition coefficient (Wildman–Crippen LogP) is 1.70. The van der Waals surface area contributed by atoms with Gasteiger partial charge in [0.2, 0.25) is 0 Å². The van der Waals surface area contributed by atoms with Crippen molar-refractivity contribution >= 4 is 11.6 Å². The van der Waals surface area contributed by atoms with Gasteiger partial charge in [-0.05, 0) is 24.6 Å². The number of aliphatic hydroxyl groups is 2. The van der Waals surface area contributed by atoms with Gasteiger partial charge in [0.25, 0.3) is 0 Å². The summed E-state index contributed by atoms with van der Waals surface area (Å²) in [5.41, 5.74) is -0.369. The minimum Gasteiger partial charge on any atom is -0.394 e. The summed E-state index contributed by atoms with van der Waals surface area (Å²) in [5.74, 6) is -0.359. The van der Waals surface area contributed by atoms with Gasteiger partial charge in [-0.1, -0.05) is 18.5 Å². The highest BCUT2D eigenvalue weighted by molar-refractivity contribution is 6.30. The quantitative estimate of drug-likeness (QED) is 0.731. The van der Waals surface area contributed by atoms with Crippen LogP contribution in [0.25, 0.3) is 0 Å². The lowest BCUT2D eigenvalue weighted by Crippen LogP contribution is -2.50. The van der Waals surface area contributed by atoms with Crippen molar-refractivity contribution in [2.24, 2.45) is 0 Å². The minimum atomic E-state index is -0.783. The second-order valence-corrected chi connectivity index (χ2v) is 4.48. The lowest BCUT2D eigenvalue weighted by Gasteiger charge is -2.30. The van der Waals surface area contributed by atoms with E-state index in [4.69, 9.17) is 11.6 Å². The molecule has 0 fully saturated rings. The molecule has 0 aliphatic rings. The molecule has 0 bridgehead atoms. The largest absolute Gasteiger partial charge is 0.394 e. The Morgan fingerprint density at radius 2 is 2.00 bits per heavy atom. The van der Waals surface area contributed by atoms with Gasteiger partial charge in [0.05, 0.1) is 18.8 Å². The van der Waals surface area contributed by atoms with Gasteiger partial charge >= 0.3 is 0 Å². The lowest BCUT2D eigenvalue weighted by atomic mass is 9.98. The van der Waals surface area contributed by atoms with Crippen molar-refractivity contribution < 1.29 is 14.6 Å². The van der Waals surface area contributed by atoms with Crippen LogP contribution in [-0.2, 0) is 6.54 Å². The van der Waals surface area contributed by atoms with E-state index in [0.29, 0.717) is 17.0 Å². The van der Waals surface area contributed by atoms with E-state index in [0.717, 1.165) is 0 Å². The third kappa shape index (κ3) is 3.64. The number of halogens is 2. The Hall–Kier alpha value is -0.680. The number of hydrogen-bond donors (Lipinski definition) is 3. The molecule has 0 radical (unpaired) electrons. The Kier molecular flexibility index (Phi) is 5.33. The van der Waals surface area contributed by atoms with E-state index in [9.17, 15) is 14.6 Å². The van der Waals surface area contributed by atoms with Crippen LogP contribution in [0.15, 0.2) is 18.2 Å². The number of aliphatic hydroxyl groups excluding tert-OH is 2. The van der Waals surface area contributed by atoms with Gasteiger partial charge in [-0.2, -0.15) is 0 Å². The zero-order valence-electron chi connectivity index (χ0n) is 9.71. The summed E-state index contributed by atoms with van der Waals surface area (Å²) in [6.07, 6.45) is 0.544. The summed E-state index contributed by atoms with van der Waals surface area (Å²) >= 11 is 5.78. The normalized spacial score (nSPS) is 11.8. The van der Waals surface area contributed by atoms with Crippen LogP contribution in [0.3, 0.4) is 0 Å². The minimum absolute atomic E-state index is 0.206. The van der Waals surface area contributed by atoms with E-state index >= 15 is 0 Å². The lowest BCUT2D eigenvalue weighted by molar-refractivity contribution is 0.0861. The van der Waals surface area contributed by atoms with E-state index in [2.05, 4.69) is 5.32 Å². The molecule has 0 aromatic heterocycles. The Balaban J connectivity index is 2.75. The smallest absolute Gasteiger partial charge is 0.127 e. The first-order chi connectivity index (χ1) is 8.06. The third-order valence-corrected chi connectivity index (χ3v) is 3.18. The second-order valence-electron chi connectivity index (χ2n) is 4.04. The molecule has 96 valence electrons. The van der Waals surface area contributed by atoms with Gasteiger partial charge in [0.1, 0.15) is 5.82 Å². The molecule has 0 heterocycles. The highest BCUT2D eigenvalue weighted by atomic mass is 35.5. The Morgan fingerprint density at radius 3 is 2.53 bits per heavy atom. The van der Waals surface area contributed by atoms with Gasteiger partial charge in [-0.25, -0.2) is 4.39 Å². The van der Waals surface area contributed by atoms with Crippen LogP contribution in [0.1, 0.15) is 18.9 Å². The molecule has 0 spiro atoms. The zero-order chi connectivity index (χ0) is 12.9. The van der Waals surface area contributed by atoms with Crippen molar-refractivity contribution in [1.82, 2.24) is 5.32 Å². The Labute approximate surface area is 105 Å². The molecule has 0 unspecified atom stereocenters. The average Bonchev–Trinajstić information content (AvgIpc) is 2.35. The fourth-order valence-corrected chi connectivity index (χ4v) is 1.67. The molecule has 0 aliphatic heterocycles. The van der Waals surface area contributed by atoms with Crippen LogP contribution < -0.4 is 5.32 Å². The maximum absolute atomic E-state index is 13.4. The van der Waals surface area contributed by atoms with Crippen LogP contribution in [-0.4, -0.2) is 29.0 Å². The van der Waals surface area contributed by atoms with Gasteiger partial charge < -0.3 is 15.5 Å². The second kappa shape index (κ2) is 6.31. The molecular formula is C12H17ClFNO2. The van der Waals surface area contributed by atoms with Crippen LogP contribution in [0.5, 0.6) is 0 Å². The first-order valence-corrected chi connectivity index (χ1v) is 5.85. The molecule has 3 nitrogen and oxygen atoms in total. The van der Waals surface area contributed by atoms with Crippen molar-refractivity contribution in [2.45, 2.75) is 25.4 Å². The Morgan fingerprint density at radius 1 is 1.35 bits per heavy atom. The van der Waals surface area contributed by atoms with Crippen LogP contribution in [0, 0.1) is 5.82 Å². The number of nitrogens with one attached hydrogen (secondary N) is 1. The van der Waals surface area contributed by atoms with Crippen LogP contribution >= 0.6 is 11.6 Å². The Bertz CT molecular complexity index is 361. The van der Waals surface area contributed by atoms with E-state index in [-0.39, 0.29) is 25.6 Å². The molecule has 1 rings (SSSR count). The predicted molar refractivity (Wildman–Crippen MR) is 65.4 cm³/mol. The van der Waals surface area contributed by atoms with Crippen molar-refractivity contribution in [3.8, 4) is 0 Å². The number of benzene rings is 1. The average molecular weight is 262 g/mol. The summed E-state index contributed by atoms with van der Waals surface area (Å²) in [6.45, 7) is 1.64. The molecular weight excluding hydrogens is 245 g/mol. The zero-order valence-corrected chi connectivity index (χ0v) is 10.5. The van der Waals surface area contributed by atoms with Crippen molar-refractivity contribution in [1.29, 1.82) is 0 Å². The highest BCUT2D eigenvalue weighted by Crippen LogP contribution is 2.16. The van der Waals surface area contributed by atoms with Gasteiger partial charge in [0.15, 0.2) is 0 Å². The van der Waals surface area contributed by atoms with Crippen LogP contribution in [0.4, 0.5) is 4.39 Å². The van der Waals surface area contributed by atoms with Crippen molar-refractivity contribution in [2.75, 3.05) is 13.2 Å². The van der Waals surface area contributed by atoms with Crippen molar-refractivity contribution in [3.63, 3.8) is 0 Å². The maximum atomic E-state index is 13.4. The molecule has 1 aromatic carbocycles. The maximum Gasteiger partial charge on any atom is 0.127 e. The van der Waals surface area contributed by atoms with E-state index < -0.39 is 5.54 Å². The van der Waals surface area contributed by atoms with E-state index in [1.807, 2.05) is 6.92 Å². The summed E-state index contributed by atoms with van der Waals surface area (Å²) in [7, 11) is 0. The topological polar surface area (TPSA) is 52.5 Å². The van der Waals surface area contributed by atoms with Crippen LogP contribution in [0.2, 0.25) is 5.02 Å². The summed E-state index contributed by atoms with van der Waals surface area (Å²) < 4.78 is 13.4. The van der Waals surface area contributed by atoms with E-state index in [1.165, 1.54) is 18.2 Å². The molecule has 0 atom stereocenters. The number of rotatable bonds is 6. The monoisotopic (exact) mass is 261 g/mol. The molecule has 3 N–H and O–H groups in total. The molecule has 17 heavy (non-hydrogen) atoms. The molecule has 0 saturated carbocycles. The van der Waals surface area contributed by atoms with Crippen molar-refractivity contribution in [3.05, 3.63) is 34.6 Å². The number of hydrogen-bond acceptors (Lipinski definition) is 3. The standard InChI is InChI=1S/C12H17ClFNO2/c1-2-12(7-16,8-17)15-6-9-5-10(13)3-4-11(9)14/h3-5,15-17H,2,6-8H2,1H3. The summed E-state index contributed by atoms with van der Waals surface area (Å²) in [6, 6.07) is 4.30. The molecule has 1 aromatic rings. The van der Waals surface area contributed by atoms with E-state index in [1.54, 1.807) is 0 Å². The first kappa shape index (κ1) is 14.4.